The maximum absolute atomic E-state index is 13.3. The Bertz CT molecular complexity index is 362. The molecule has 2 nitrogen and oxygen atoms in total. The second-order valence-corrected chi connectivity index (χ2v) is 3.53. The molecule has 0 bridgehead atoms. The van der Waals surface area contributed by atoms with Crippen LogP contribution in [0.15, 0.2) is 18.2 Å². The summed E-state index contributed by atoms with van der Waals surface area (Å²) in [5.41, 5.74) is 0.784. The van der Waals surface area contributed by atoms with Crippen molar-refractivity contribution in [1.82, 2.24) is 0 Å². The molecule has 4 heteroatoms. The topological polar surface area (TPSA) is 33.0 Å². The van der Waals surface area contributed by atoms with Gasteiger partial charge in [0.25, 0.3) is 0 Å². The molecule has 0 saturated carbocycles. The van der Waals surface area contributed by atoms with Crippen molar-refractivity contribution < 1.29 is 9.13 Å². The lowest BCUT2D eigenvalue weighted by Crippen LogP contribution is -2.01. The Kier molecular flexibility index (Phi) is 5.13. The highest BCUT2D eigenvalue weighted by Crippen LogP contribution is 2.24. The Hall–Kier alpha value is -1.08. The van der Waals surface area contributed by atoms with E-state index in [2.05, 4.69) is 15.9 Å². The van der Waals surface area contributed by atoms with E-state index in [-0.39, 0.29) is 11.6 Å². The summed E-state index contributed by atoms with van der Waals surface area (Å²) < 4.78 is 18.6. The number of rotatable bonds is 5. The Morgan fingerprint density at radius 2 is 2.27 bits per heavy atom. The number of halogens is 2. The zero-order chi connectivity index (χ0) is 11.1. The zero-order valence-electron chi connectivity index (χ0n) is 8.17. The number of nitriles is 1. The van der Waals surface area contributed by atoms with Crippen LogP contribution in [0, 0.1) is 17.1 Å². The summed E-state index contributed by atoms with van der Waals surface area (Å²) in [4.78, 5) is 0. The first-order valence-electron chi connectivity index (χ1n) is 4.62. The number of benzene rings is 1. The minimum atomic E-state index is -0.357. The highest BCUT2D eigenvalue weighted by Gasteiger charge is 2.08. The number of hydrogen-bond donors (Lipinski definition) is 0. The third kappa shape index (κ3) is 3.52. The molecular weight excluding hydrogens is 261 g/mol. The predicted molar refractivity (Wildman–Crippen MR) is 59.4 cm³/mol. The molecule has 80 valence electrons. The molecule has 0 atom stereocenters. The number of unbranched alkanes of at least 4 members (excludes halogenated alkanes) is 1. The Labute approximate surface area is 96.8 Å². The van der Waals surface area contributed by atoms with E-state index < -0.39 is 0 Å². The molecule has 0 aromatic heterocycles. The maximum atomic E-state index is 13.3. The van der Waals surface area contributed by atoms with Crippen molar-refractivity contribution in [3.8, 4) is 11.8 Å². The molecule has 0 saturated heterocycles. The van der Waals surface area contributed by atoms with Crippen LogP contribution >= 0.6 is 15.9 Å². The van der Waals surface area contributed by atoms with E-state index in [0.717, 1.165) is 5.56 Å². The quantitative estimate of drug-likeness (QED) is 0.608. The highest BCUT2D eigenvalue weighted by molar-refractivity contribution is 9.08. The van der Waals surface area contributed by atoms with Gasteiger partial charge < -0.3 is 4.74 Å². The minimum absolute atomic E-state index is 0.285. The van der Waals surface area contributed by atoms with Gasteiger partial charge in [-0.3, -0.25) is 0 Å². The van der Waals surface area contributed by atoms with Crippen molar-refractivity contribution in [3.63, 3.8) is 0 Å². The van der Waals surface area contributed by atoms with Gasteiger partial charge >= 0.3 is 0 Å². The number of ether oxygens (including phenoxy) is 1. The fourth-order valence-electron chi connectivity index (χ4n) is 1.15. The van der Waals surface area contributed by atoms with Crippen LogP contribution in [-0.4, -0.2) is 6.61 Å². The SMILES string of the molecule is N#CCCCOc1c(F)cccc1CBr. The Balaban J connectivity index is 2.63. The first-order valence-corrected chi connectivity index (χ1v) is 5.75. The van der Waals surface area contributed by atoms with Gasteiger partial charge in [0.15, 0.2) is 11.6 Å². The second kappa shape index (κ2) is 6.41. The van der Waals surface area contributed by atoms with Gasteiger partial charge in [0, 0.05) is 17.3 Å². The Morgan fingerprint density at radius 1 is 1.47 bits per heavy atom. The molecule has 1 aromatic carbocycles. The summed E-state index contributed by atoms with van der Waals surface area (Å²) in [5, 5.41) is 8.89. The average molecular weight is 272 g/mol. The lowest BCUT2D eigenvalue weighted by molar-refractivity contribution is 0.295. The van der Waals surface area contributed by atoms with Crippen molar-refractivity contribution in [1.29, 1.82) is 5.26 Å². The monoisotopic (exact) mass is 271 g/mol. The molecule has 0 aliphatic heterocycles. The molecule has 0 amide bonds. The van der Waals surface area contributed by atoms with E-state index >= 15 is 0 Å². The van der Waals surface area contributed by atoms with Crippen molar-refractivity contribution in [2.45, 2.75) is 18.2 Å². The molecule has 0 unspecified atom stereocenters. The third-order valence-corrected chi connectivity index (χ3v) is 2.48. The smallest absolute Gasteiger partial charge is 0.165 e. The summed E-state index contributed by atoms with van der Waals surface area (Å²) in [7, 11) is 0. The molecule has 0 fully saturated rings. The highest BCUT2D eigenvalue weighted by atomic mass is 79.9. The summed E-state index contributed by atoms with van der Waals surface area (Å²) in [5.74, 6) is -0.0729. The van der Waals surface area contributed by atoms with Crippen LogP contribution in [0.4, 0.5) is 4.39 Å². The molecule has 15 heavy (non-hydrogen) atoms. The number of nitrogens with zero attached hydrogens (tertiary/aromatic N) is 1. The van der Waals surface area contributed by atoms with E-state index in [4.69, 9.17) is 10.00 Å². The normalized spacial score (nSPS) is 9.67. The first kappa shape index (κ1) is 12.0. The predicted octanol–water partition coefficient (Wildman–Crippen LogP) is 3.40. The zero-order valence-corrected chi connectivity index (χ0v) is 9.76. The summed E-state index contributed by atoms with van der Waals surface area (Å²) in [6.45, 7) is 0.370. The van der Waals surface area contributed by atoms with Gasteiger partial charge in [-0.05, 0) is 12.5 Å². The lowest BCUT2D eigenvalue weighted by Gasteiger charge is -2.09. The van der Waals surface area contributed by atoms with E-state index in [9.17, 15) is 4.39 Å². The maximum Gasteiger partial charge on any atom is 0.165 e. The van der Waals surface area contributed by atoms with Gasteiger partial charge in [-0.15, -0.1) is 0 Å². The van der Waals surface area contributed by atoms with Gasteiger partial charge in [-0.25, -0.2) is 4.39 Å². The third-order valence-electron chi connectivity index (χ3n) is 1.87. The lowest BCUT2D eigenvalue weighted by atomic mass is 10.2. The number of alkyl halides is 1. The molecule has 0 aliphatic rings. The van der Waals surface area contributed by atoms with Gasteiger partial charge in [-0.2, -0.15) is 5.26 Å². The fourth-order valence-corrected chi connectivity index (χ4v) is 1.59. The molecule has 0 spiro atoms. The first-order chi connectivity index (χ1) is 7.29. The summed E-state index contributed by atoms with van der Waals surface area (Å²) >= 11 is 3.27. The van der Waals surface area contributed by atoms with E-state index in [1.54, 1.807) is 12.1 Å². The van der Waals surface area contributed by atoms with E-state index in [1.165, 1.54) is 6.07 Å². The summed E-state index contributed by atoms with van der Waals surface area (Å²) in [6.07, 6.45) is 1.05. The van der Waals surface area contributed by atoms with Crippen LogP contribution in [0.3, 0.4) is 0 Å². The van der Waals surface area contributed by atoms with Gasteiger partial charge in [0.1, 0.15) is 0 Å². The van der Waals surface area contributed by atoms with Crippen LogP contribution < -0.4 is 4.74 Å². The van der Waals surface area contributed by atoms with Crippen molar-refractivity contribution in [2.75, 3.05) is 6.61 Å². The second-order valence-electron chi connectivity index (χ2n) is 2.97. The van der Waals surface area contributed by atoms with Gasteiger partial charge in [0.2, 0.25) is 0 Å². The Morgan fingerprint density at radius 3 is 2.93 bits per heavy atom. The number of para-hydroxylation sites is 1. The fraction of sp³-hybridized carbons (Fsp3) is 0.364. The molecule has 1 rings (SSSR count). The van der Waals surface area contributed by atoms with Crippen LogP contribution in [0.2, 0.25) is 0 Å². The molecule has 0 radical (unpaired) electrons. The standard InChI is InChI=1S/C11H11BrFNO/c12-8-9-4-3-5-10(13)11(9)15-7-2-1-6-14/h3-5H,1-2,7-8H2. The molecule has 0 aliphatic carbocycles. The minimum Gasteiger partial charge on any atom is -0.490 e. The molecular formula is C11H11BrFNO. The molecule has 0 heterocycles. The van der Waals surface area contributed by atoms with Gasteiger partial charge in [0.05, 0.1) is 12.7 Å². The van der Waals surface area contributed by atoms with Crippen molar-refractivity contribution in [2.24, 2.45) is 0 Å². The van der Waals surface area contributed by atoms with Crippen LogP contribution in [0.5, 0.6) is 5.75 Å². The van der Waals surface area contributed by atoms with Crippen molar-refractivity contribution >= 4 is 15.9 Å². The summed E-state index contributed by atoms with van der Waals surface area (Å²) in [6, 6.07) is 6.83. The van der Waals surface area contributed by atoms with E-state index in [1.807, 2.05) is 6.07 Å². The largest absolute Gasteiger partial charge is 0.490 e. The molecule has 1 aromatic rings. The van der Waals surface area contributed by atoms with Crippen molar-refractivity contribution in [3.05, 3.63) is 29.6 Å². The van der Waals surface area contributed by atoms with Crippen LogP contribution in [-0.2, 0) is 5.33 Å². The van der Waals surface area contributed by atoms with E-state index in [0.29, 0.717) is 24.8 Å². The molecule has 0 N–H and O–H groups in total. The van der Waals surface area contributed by atoms with Crippen LogP contribution in [0.25, 0.3) is 0 Å². The average Bonchev–Trinajstić information content (AvgIpc) is 2.26. The van der Waals surface area contributed by atoms with Crippen LogP contribution in [0.1, 0.15) is 18.4 Å². The van der Waals surface area contributed by atoms with Gasteiger partial charge in [-0.1, -0.05) is 28.1 Å². The number of hydrogen-bond acceptors (Lipinski definition) is 2.